The van der Waals surface area contributed by atoms with Gasteiger partial charge in [0.25, 0.3) is 0 Å². The predicted octanol–water partition coefficient (Wildman–Crippen LogP) is 19.6. The molecule has 0 aromatic heterocycles. The van der Waals surface area contributed by atoms with Crippen LogP contribution < -0.4 is 9.47 Å². The van der Waals surface area contributed by atoms with Crippen molar-refractivity contribution in [1.29, 1.82) is 0 Å². The van der Waals surface area contributed by atoms with Crippen molar-refractivity contribution < 1.29 is 66.0 Å². The molecule has 1 spiro atoms. The minimum absolute atomic E-state index is 0.0421. The zero-order valence-corrected chi connectivity index (χ0v) is 64.9. The number of Topliss-reactive ketones (excluding diaryl/α,β-unsaturated/α-hetero) is 3. The van der Waals surface area contributed by atoms with Crippen LogP contribution in [-0.2, 0) is 62.5 Å². The van der Waals surface area contributed by atoms with Crippen LogP contribution in [0.1, 0.15) is 220 Å². The molecule has 16 heteroatoms. The Morgan fingerprint density at radius 2 is 0.867 bits per heavy atom. The SMILES string of the molecule is C=C(C)C.CC.CC(=O)CC(C)=O.CC(=O)OCOC(C)=O.CC(C)(C)C.CC(C)(C)C.CC(C)(C)c1ccccc1.CC1(C)CC(=O)c2ccccc21.CCC1OCC2(CO1)COC(CC)OC2.CC[Si](C)(C)O[Si](C)(C)CC.COc1ccc(OC)cc1. The molecule has 0 atom stereocenters. The van der Waals surface area contributed by atoms with Gasteiger partial charge in [0.1, 0.15) is 23.1 Å². The summed E-state index contributed by atoms with van der Waals surface area (Å²) in [5.74, 6) is 0.935. The molecule has 90 heavy (non-hydrogen) atoms. The summed E-state index contributed by atoms with van der Waals surface area (Å²) in [6.07, 6.45) is 2.45. The van der Waals surface area contributed by atoms with Gasteiger partial charge in [-0.25, -0.2) is 0 Å². The molecule has 1 aliphatic carbocycles. The Morgan fingerprint density at radius 1 is 0.556 bits per heavy atom. The lowest BCUT2D eigenvalue weighted by Gasteiger charge is -2.43. The number of hydrogen-bond acceptors (Lipinski definition) is 14. The Morgan fingerprint density at radius 3 is 1.10 bits per heavy atom. The highest BCUT2D eigenvalue weighted by molar-refractivity contribution is 6.84. The smallest absolute Gasteiger partial charge is 0.305 e. The molecule has 14 nitrogen and oxygen atoms in total. The van der Waals surface area contributed by atoms with Crippen LogP contribution in [0.2, 0.25) is 38.3 Å². The summed E-state index contributed by atoms with van der Waals surface area (Å²) in [6, 6.07) is 28.4. The first-order valence-electron chi connectivity index (χ1n) is 32.1. The molecule has 0 bridgehead atoms. The summed E-state index contributed by atoms with van der Waals surface area (Å²) in [7, 11) is 0.737. The normalized spacial score (nSPS) is 16.7. The van der Waals surface area contributed by atoms with Crippen LogP contribution in [0.3, 0.4) is 0 Å². The Hall–Kier alpha value is -4.82. The van der Waals surface area contributed by atoms with E-state index < -0.39 is 28.6 Å². The molecule has 0 unspecified atom stereocenters. The van der Waals surface area contributed by atoms with E-state index in [1.165, 1.54) is 56.5 Å². The van der Waals surface area contributed by atoms with Gasteiger partial charge in [-0.3, -0.25) is 24.0 Å². The number of carbonyl (C=O) groups is 5. The van der Waals surface area contributed by atoms with Crippen LogP contribution >= 0.6 is 0 Å². The summed E-state index contributed by atoms with van der Waals surface area (Å²) in [5.41, 5.74) is 5.96. The van der Waals surface area contributed by atoms with Crippen molar-refractivity contribution in [1.82, 2.24) is 0 Å². The fraction of sp³-hybridized carbons (Fsp3) is 0.662. The fourth-order valence-corrected chi connectivity index (χ4v) is 14.0. The second kappa shape index (κ2) is 48.9. The molecule has 6 rings (SSSR count). The van der Waals surface area contributed by atoms with E-state index in [1.807, 2.05) is 70.2 Å². The van der Waals surface area contributed by atoms with Gasteiger partial charge in [0.05, 0.1) is 52.5 Å². The first kappa shape index (κ1) is 93.9. The van der Waals surface area contributed by atoms with Gasteiger partial charge in [0.2, 0.25) is 6.79 Å². The van der Waals surface area contributed by atoms with Gasteiger partial charge in [-0.2, -0.15) is 0 Å². The molecule has 0 saturated carbocycles. The van der Waals surface area contributed by atoms with Crippen molar-refractivity contribution in [3.05, 3.63) is 108 Å². The maximum absolute atomic E-state index is 11.5. The van der Waals surface area contributed by atoms with Crippen molar-refractivity contribution in [2.24, 2.45) is 16.2 Å². The van der Waals surface area contributed by atoms with Crippen molar-refractivity contribution in [3.8, 4) is 11.5 Å². The lowest BCUT2D eigenvalue weighted by molar-refractivity contribution is -0.302. The molecule has 3 aromatic carbocycles. The van der Waals surface area contributed by atoms with E-state index in [2.05, 4.69) is 196 Å². The maximum Gasteiger partial charge on any atom is 0.305 e. The van der Waals surface area contributed by atoms with Crippen LogP contribution in [0, 0.1) is 16.2 Å². The molecular formula is C74H132O14Si2. The van der Waals surface area contributed by atoms with Crippen LogP contribution in [0.25, 0.3) is 0 Å². The topological polar surface area (TPSA) is 168 Å². The van der Waals surface area contributed by atoms with Crippen LogP contribution in [-0.4, -0.2) is 106 Å². The van der Waals surface area contributed by atoms with Gasteiger partial charge in [0, 0.05) is 25.8 Å². The Labute approximate surface area is 552 Å². The van der Waals surface area contributed by atoms with Gasteiger partial charge in [-0.05, 0) is 136 Å². The average Bonchev–Trinajstić information content (AvgIpc) is 1.61. The molecule has 3 aliphatic rings. The minimum Gasteiger partial charge on any atom is -0.497 e. The summed E-state index contributed by atoms with van der Waals surface area (Å²) in [6.45, 7) is 65.5. The number of benzene rings is 3. The van der Waals surface area contributed by atoms with E-state index in [-0.39, 0.29) is 54.0 Å². The molecule has 520 valence electrons. The van der Waals surface area contributed by atoms with Gasteiger partial charge >= 0.3 is 11.9 Å². The Kier molecular flexibility index (Phi) is 51.0. The van der Waals surface area contributed by atoms with E-state index >= 15 is 0 Å². The highest BCUT2D eigenvalue weighted by Gasteiger charge is 2.41. The van der Waals surface area contributed by atoms with E-state index in [4.69, 9.17) is 32.5 Å². The molecule has 2 aliphatic heterocycles. The van der Waals surface area contributed by atoms with Crippen molar-refractivity contribution in [2.45, 2.75) is 260 Å². The van der Waals surface area contributed by atoms with E-state index in [0.29, 0.717) is 49.1 Å². The second-order valence-corrected chi connectivity index (χ2v) is 37.7. The maximum atomic E-state index is 11.5. The number of rotatable bonds is 12. The van der Waals surface area contributed by atoms with E-state index in [1.54, 1.807) is 14.2 Å². The summed E-state index contributed by atoms with van der Waals surface area (Å²) in [5, 5.41) is 0. The number of allylic oxidation sites excluding steroid dienone is 1. The third-order valence-electron chi connectivity index (χ3n) is 11.7. The Balaban J connectivity index is -0.000000303. The van der Waals surface area contributed by atoms with Crippen molar-refractivity contribution >= 4 is 45.9 Å². The quantitative estimate of drug-likeness (QED) is 0.0552. The average molecular weight is 1300 g/mol. The zero-order valence-electron chi connectivity index (χ0n) is 62.9. The number of fused-ring (bicyclic) bond motifs is 1. The van der Waals surface area contributed by atoms with Gasteiger partial charge in [-0.15, -0.1) is 6.58 Å². The molecule has 3 aromatic rings. The molecule has 2 fully saturated rings. The third kappa shape index (κ3) is 57.1. The zero-order chi connectivity index (χ0) is 71.3. The molecular weight excluding hydrogens is 1170 g/mol. The van der Waals surface area contributed by atoms with Crippen molar-refractivity contribution in [2.75, 3.05) is 47.4 Å². The molecule has 2 saturated heterocycles. The lowest BCUT2D eigenvalue weighted by Crippen LogP contribution is -2.52. The van der Waals surface area contributed by atoms with Crippen LogP contribution in [0.15, 0.2) is 91.0 Å². The Bertz CT molecular complexity index is 2250. The van der Waals surface area contributed by atoms with Crippen LogP contribution in [0.4, 0.5) is 0 Å². The highest BCUT2D eigenvalue weighted by atomic mass is 28.4. The number of carbonyl (C=O) groups excluding carboxylic acids is 5. The number of ether oxygens (including phenoxy) is 8. The molecule has 2 heterocycles. The first-order chi connectivity index (χ1) is 41.2. The molecule has 0 amide bonds. The fourth-order valence-electron chi connectivity index (χ4n) is 6.89. The van der Waals surface area contributed by atoms with Crippen LogP contribution in [0.5, 0.6) is 11.5 Å². The van der Waals surface area contributed by atoms with E-state index in [9.17, 15) is 24.0 Å². The monoisotopic (exact) mass is 1300 g/mol. The number of methoxy groups -OCH3 is 2. The molecule has 0 N–H and O–H groups in total. The minimum atomic E-state index is -1.27. The summed E-state index contributed by atoms with van der Waals surface area (Å²) in [4.78, 5) is 51.6. The second-order valence-electron chi connectivity index (χ2n) is 28.5. The first-order valence-corrected chi connectivity index (χ1v) is 38.3. The van der Waals surface area contributed by atoms with Crippen molar-refractivity contribution in [3.63, 3.8) is 0 Å². The number of hydrogen-bond donors (Lipinski definition) is 0. The highest BCUT2D eigenvalue weighted by Crippen LogP contribution is 2.38. The standard InChI is InChI=1S/C11H20O4.C11H12O.C10H14.C8H10O2.C8H22OSi2.C5H8O4.C5H8O2.2C5H12.C4H8.C2H6/c1-3-9-12-5-11(6-13-9)7-14-10(4-2)15-8-11;1-11(2)7-10(12)8-5-3-4-6-9(8)11;1-10(2,3)9-7-5-4-6-8-9;1-9-7-3-5-8(10-2)6-4-7;1-7-10(3,4)9-11(5,6)8-2;1-4(6)8-3-9-5(2)7;1-4(6)3-5(2)7;2*1-5(2,3)4;1-4(2)3;1-2/h9-10H,3-8H2,1-2H3;3-6H,7H2,1-2H3;4-8H,1-3H3;3-6H,1-2H3;7-8H2,1-6H3;3H2,1-2H3;3H2,1-2H3;2*1-4H3;1H2,2-3H3;1-2H3. The van der Waals surface area contributed by atoms with Gasteiger partial charge in [-0.1, -0.05) is 192 Å². The largest absolute Gasteiger partial charge is 0.497 e. The predicted molar refractivity (Wildman–Crippen MR) is 381 cm³/mol. The van der Waals surface area contributed by atoms with Gasteiger partial charge in [0.15, 0.2) is 35.0 Å². The molecule has 0 radical (unpaired) electrons. The van der Waals surface area contributed by atoms with Gasteiger partial charge < -0.3 is 42.0 Å². The summed E-state index contributed by atoms with van der Waals surface area (Å²) < 4.78 is 47.1. The third-order valence-corrected chi connectivity index (χ3v) is 19.6. The number of esters is 2. The van der Waals surface area contributed by atoms with E-state index in [0.717, 1.165) is 29.9 Å². The summed E-state index contributed by atoms with van der Waals surface area (Å²) >= 11 is 0. The number of ketones is 3. The lowest BCUT2D eigenvalue weighted by atomic mass is 9.87.